The summed E-state index contributed by atoms with van der Waals surface area (Å²) in [5, 5.41) is 8.61. The Morgan fingerprint density at radius 1 is 1.21 bits per heavy atom. The maximum Gasteiger partial charge on any atom is 0.328 e. The zero-order valence-corrected chi connectivity index (χ0v) is 9.12. The van der Waals surface area contributed by atoms with E-state index in [1.807, 2.05) is 0 Å². The van der Waals surface area contributed by atoms with Crippen molar-refractivity contribution in [3.63, 3.8) is 0 Å². The van der Waals surface area contributed by atoms with Crippen molar-refractivity contribution >= 4 is 5.97 Å². The predicted molar refractivity (Wildman–Crippen MR) is 59.3 cm³/mol. The SMILES string of the molecule is CCCC=CC/C(=C/C(=O)O)CCC. The maximum atomic E-state index is 10.5. The van der Waals surface area contributed by atoms with E-state index >= 15 is 0 Å². The number of hydrogen-bond acceptors (Lipinski definition) is 1. The summed E-state index contributed by atoms with van der Waals surface area (Å²) >= 11 is 0. The van der Waals surface area contributed by atoms with E-state index < -0.39 is 5.97 Å². The van der Waals surface area contributed by atoms with Gasteiger partial charge in [-0.25, -0.2) is 4.79 Å². The molecule has 0 aliphatic rings. The summed E-state index contributed by atoms with van der Waals surface area (Å²) in [6.45, 7) is 4.19. The van der Waals surface area contributed by atoms with Crippen molar-refractivity contribution in [3.05, 3.63) is 23.8 Å². The van der Waals surface area contributed by atoms with E-state index in [0.717, 1.165) is 37.7 Å². The molecule has 14 heavy (non-hydrogen) atoms. The summed E-state index contributed by atoms with van der Waals surface area (Å²) in [7, 11) is 0. The second-order valence-electron chi connectivity index (χ2n) is 3.36. The van der Waals surface area contributed by atoms with E-state index in [1.54, 1.807) is 0 Å². The first-order valence-corrected chi connectivity index (χ1v) is 5.28. The summed E-state index contributed by atoms with van der Waals surface area (Å²) in [5.41, 5.74) is 1.01. The van der Waals surface area contributed by atoms with Crippen LogP contribution in [0.4, 0.5) is 0 Å². The zero-order chi connectivity index (χ0) is 10.8. The van der Waals surface area contributed by atoms with Gasteiger partial charge in [0, 0.05) is 6.08 Å². The molecule has 0 atom stereocenters. The molecule has 0 fully saturated rings. The van der Waals surface area contributed by atoms with Crippen LogP contribution in [-0.4, -0.2) is 11.1 Å². The van der Waals surface area contributed by atoms with Gasteiger partial charge in [0.1, 0.15) is 0 Å². The Morgan fingerprint density at radius 2 is 1.93 bits per heavy atom. The standard InChI is InChI=1S/C12H20O2/c1-3-5-6-7-9-11(8-4-2)10-12(13)14/h6-7,10H,3-5,8-9H2,1-2H3,(H,13,14)/b7-6?,11-10+. The molecule has 0 aromatic rings. The van der Waals surface area contributed by atoms with E-state index in [9.17, 15) is 4.79 Å². The van der Waals surface area contributed by atoms with Gasteiger partial charge in [0.2, 0.25) is 0 Å². The predicted octanol–water partition coefficient (Wildman–Crippen LogP) is 3.54. The van der Waals surface area contributed by atoms with E-state index in [4.69, 9.17) is 5.11 Å². The molecule has 0 aliphatic heterocycles. The smallest absolute Gasteiger partial charge is 0.328 e. The van der Waals surface area contributed by atoms with E-state index in [-0.39, 0.29) is 0 Å². The maximum absolute atomic E-state index is 10.5. The molecule has 0 amide bonds. The summed E-state index contributed by atoms with van der Waals surface area (Å²) in [6, 6.07) is 0. The third kappa shape index (κ3) is 7.59. The van der Waals surface area contributed by atoms with E-state index in [1.165, 1.54) is 6.08 Å². The van der Waals surface area contributed by atoms with Crippen LogP contribution in [0.3, 0.4) is 0 Å². The molecule has 2 nitrogen and oxygen atoms in total. The number of carboxylic acid groups (broad SMARTS) is 1. The first-order chi connectivity index (χ1) is 6.70. The molecule has 0 aromatic carbocycles. The number of rotatable bonds is 7. The molecule has 1 N–H and O–H groups in total. The first-order valence-electron chi connectivity index (χ1n) is 5.28. The topological polar surface area (TPSA) is 37.3 Å². The van der Waals surface area contributed by atoms with Gasteiger partial charge in [0.15, 0.2) is 0 Å². The van der Waals surface area contributed by atoms with Crippen molar-refractivity contribution in [1.82, 2.24) is 0 Å². The minimum absolute atomic E-state index is 0.778. The third-order valence-electron chi connectivity index (χ3n) is 1.90. The molecule has 0 radical (unpaired) electrons. The number of unbranched alkanes of at least 4 members (excludes halogenated alkanes) is 1. The molecule has 0 unspecified atom stereocenters. The van der Waals surface area contributed by atoms with Crippen molar-refractivity contribution in [3.8, 4) is 0 Å². The fourth-order valence-electron chi connectivity index (χ4n) is 1.25. The number of allylic oxidation sites excluding steroid dienone is 3. The highest BCUT2D eigenvalue weighted by molar-refractivity contribution is 5.80. The Kier molecular flexibility index (Phi) is 7.90. The molecular weight excluding hydrogens is 176 g/mol. The monoisotopic (exact) mass is 196 g/mol. The molecule has 0 aromatic heterocycles. The van der Waals surface area contributed by atoms with Crippen molar-refractivity contribution < 1.29 is 9.90 Å². The van der Waals surface area contributed by atoms with Crippen LogP contribution >= 0.6 is 0 Å². The van der Waals surface area contributed by atoms with Gasteiger partial charge in [0.25, 0.3) is 0 Å². The van der Waals surface area contributed by atoms with E-state index in [0.29, 0.717) is 0 Å². The lowest BCUT2D eigenvalue weighted by Gasteiger charge is -2.00. The molecule has 80 valence electrons. The minimum atomic E-state index is -0.836. The van der Waals surface area contributed by atoms with Crippen LogP contribution in [0, 0.1) is 0 Å². The lowest BCUT2D eigenvalue weighted by Crippen LogP contribution is -1.92. The minimum Gasteiger partial charge on any atom is -0.478 e. The number of hydrogen-bond donors (Lipinski definition) is 1. The Labute approximate surface area is 86.3 Å². The Hall–Kier alpha value is -1.05. The Balaban J connectivity index is 4.03. The Bertz CT molecular complexity index is 214. The molecule has 0 bridgehead atoms. The fraction of sp³-hybridized carbons (Fsp3) is 0.583. The normalized spacial score (nSPS) is 12.3. The second kappa shape index (κ2) is 8.54. The zero-order valence-electron chi connectivity index (χ0n) is 9.12. The largest absolute Gasteiger partial charge is 0.478 e. The Morgan fingerprint density at radius 3 is 2.43 bits per heavy atom. The van der Waals surface area contributed by atoms with Crippen LogP contribution in [0.2, 0.25) is 0 Å². The molecule has 0 saturated carbocycles. The second-order valence-corrected chi connectivity index (χ2v) is 3.36. The van der Waals surface area contributed by atoms with Gasteiger partial charge >= 0.3 is 5.97 Å². The van der Waals surface area contributed by atoms with Crippen LogP contribution in [0.5, 0.6) is 0 Å². The average molecular weight is 196 g/mol. The summed E-state index contributed by atoms with van der Waals surface area (Å²) in [4.78, 5) is 10.5. The molecule has 0 saturated heterocycles. The van der Waals surface area contributed by atoms with Gasteiger partial charge in [-0.2, -0.15) is 0 Å². The number of carboxylic acids is 1. The highest BCUT2D eigenvalue weighted by Crippen LogP contribution is 2.10. The van der Waals surface area contributed by atoms with E-state index in [2.05, 4.69) is 26.0 Å². The van der Waals surface area contributed by atoms with Gasteiger partial charge in [0.05, 0.1) is 0 Å². The van der Waals surface area contributed by atoms with Crippen LogP contribution in [0.1, 0.15) is 46.0 Å². The van der Waals surface area contributed by atoms with Crippen molar-refractivity contribution in [2.75, 3.05) is 0 Å². The summed E-state index contributed by atoms with van der Waals surface area (Å²) < 4.78 is 0. The highest BCUT2D eigenvalue weighted by Gasteiger charge is 1.97. The van der Waals surface area contributed by atoms with Crippen LogP contribution in [-0.2, 0) is 4.79 Å². The third-order valence-corrected chi connectivity index (χ3v) is 1.90. The van der Waals surface area contributed by atoms with Crippen LogP contribution in [0.25, 0.3) is 0 Å². The molecule has 0 heterocycles. The quantitative estimate of drug-likeness (QED) is 0.499. The van der Waals surface area contributed by atoms with Crippen LogP contribution in [0.15, 0.2) is 23.8 Å². The van der Waals surface area contributed by atoms with Gasteiger partial charge < -0.3 is 5.11 Å². The van der Waals surface area contributed by atoms with Crippen LogP contribution < -0.4 is 0 Å². The number of carbonyl (C=O) groups is 1. The molecule has 0 aliphatic carbocycles. The molecule has 2 heteroatoms. The summed E-state index contributed by atoms with van der Waals surface area (Å²) in [6.07, 6.45) is 10.4. The van der Waals surface area contributed by atoms with Gasteiger partial charge in [-0.15, -0.1) is 0 Å². The van der Waals surface area contributed by atoms with Gasteiger partial charge in [-0.3, -0.25) is 0 Å². The van der Waals surface area contributed by atoms with Crippen molar-refractivity contribution in [1.29, 1.82) is 0 Å². The molecule has 0 spiro atoms. The van der Waals surface area contributed by atoms with Gasteiger partial charge in [-0.1, -0.05) is 44.4 Å². The fourth-order valence-corrected chi connectivity index (χ4v) is 1.25. The number of aliphatic carboxylic acids is 1. The summed E-state index contributed by atoms with van der Waals surface area (Å²) in [5.74, 6) is -0.836. The first kappa shape index (κ1) is 12.9. The average Bonchev–Trinajstić information content (AvgIpc) is 2.12. The lowest BCUT2D eigenvalue weighted by atomic mass is 10.1. The van der Waals surface area contributed by atoms with Gasteiger partial charge in [-0.05, 0) is 19.3 Å². The lowest BCUT2D eigenvalue weighted by molar-refractivity contribution is -0.131. The highest BCUT2D eigenvalue weighted by atomic mass is 16.4. The van der Waals surface area contributed by atoms with Crippen molar-refractivity contribution in [2.24, 2.45) is 0 Å². The molecule has 0 rings (SSSR count). The molecular formula is C12H20O2. The van der Waals surface area contributed by atoms with Crippen molar-refractivity contribution in [2.45, 2.75) is 46.0 Å².